The number of ether oxygens (including phenoxy) is 1. The molecule has 2 rings (SSSR count). The topological polar surface area (TPSA) is 51.2 Å². The number of nitrogens with zero attached hydrogens (tertiary/aromatic N) is 1. The molecule has 2 aromatic rings. The fourth-order valence-electron chi connectivity index (χ4n) is 1.38. The molecule has 1 aromatic carbocycles. The van der Waals surface area contributed by atoms with E-state index in [1.807, 2.05) is 0 Å². The molecule has 1 heterocycles. The second-order valence-electron chi connectivity index (χ2n) is 3.53. The Morgan fingerprint density at radius 3 is 2.61 bits per heavy atom. The van der Waals surface area contributed by atoms with Crippen LogP contribution in [0.2, 0.25) is 5.02 Å². The van der Waals surface area contributed by atoms with Gasteiger partial charge in [0.1, 0.15) is 5.69 Å². The lowest BCUT2D eigenvalue weighted by Gasteiger charge is -2.05. The number of hydrogen-bond donors (Lipinski definition) is 1. The van der Waals surface area contributed by atoms with Crippen LogP contribution in [0.5, 0.6) is 5.88 Å². The number of benzene rings is 1. The van der Waals surface area contributed by atoms with Crippen molar-refractivity contribution in [2.75, 3.05) is 12.4 Å². The smallest absolute Gasteiger partial charge is 0.274 e. The monoisotopic (exact) mass is 262 g/mol. The molecule has 1 aromatic heterocycles. The zero-order chi connectivity index (χ0) is 13.0. The summed E-state index contributed by atoms with van der Waals surface area (Å²) in [5, 5.41) is 3.34. The molecule has 0 aliphatic carbocycles. The van der Waals surface area contributed by atoms with Crippen LogP contribution in [0.3, 0.4) is 0 Å². The number of methoxy groups -OCH3 is 1. The van der Waals surface area contributed by atoms with Crippen molar-refractivity contribution in [3.8, 4) is 5.88 Å². The molecule has 0 atom stereocenters. The molecule has 0 aliphatic rings. The minimum absolute atomic E-state index is 0.295. The largest absolute Gasteiger partial charge is 0.481 e. The van der Waals surface area contributed by atoms with E-state index in [1.54, 1.807) is 42.5 Å². The molecular weight excluding hydrogens is 252 g/mol. The summed E-state index contributed by atoms with van der Waals surface area (Å²) in [4.78, 5) is 15.9. The molecule has 0 unspecified atom stereocenters. The van der Waals surface area contributed by atoms with Crippen molar-refractivity contribution in [3.05, 3.63) is 53.2 Å². The summed E-state index contributed by atoms with van der Waals surface area (Å²) < 4.78 is 4.96. The Hall–Kier alpha value is -2.07. The molecule has 1 N–H and O–H groups in total. The van der Waals surface area contributed by atoms with E-state index in [9.17, 15) is 4.79 Å². The lowest BCUT2D eigenvalue weighted by molar-refractivity contribution is 0.102. The minimum Gasteiger partial charge on any atom is -0.481 e. The number of carbonyl (C=O) groups excluding carboxylic acids is 1. The third kappa shape index (κ3) is 2.99. The Labute approximate surface area is 110 Å². The van der Waals surface area contributed by atoms with Gasteiger partial charge in [-0.3, -0.25) is 4.79 Å². The minimum atomic E-state index is -0.295. The number of nitrogens with one attached hydrogen (secondary N) is 1. The van der Waals surface area contributed by atoms with E-state index in [1.165, 1.54) is 7.11 Å². The van der Waals surface area contributed by atoms with Gasteiger partial charge in [0.15, 0.2) is 0 Å². The molecule has 18 heavy (non-hydrogen) atoms. The number of hydrogen-bond acceptors (Lipinski definition) is 3. The molecule has 0 fully saturated rings. The van der Waals surface area contributed by atoms with E-state index < -0.39 is 0 Å². The fourth-order valence-corrected chi connectivity index (χ4v) is 1.51. The number of carbonyl (C=O) groups is 1. The fraction of sp³-hybridized carbons (Fsp3) is 0.0769. The van der Waals surface area contributed by atoms with Crippen molar-refractivity contribution in [1.82, 2.24) is 4.98 Å². The van der Waals surface area contributed by atoms with Gasteiger partial charge in [-0.05, 0) is 30.3 Å². The van der Waals surface area contributed by atoms with E-state index in [-0.39, 0.29) is 5.91 Å². The van der Waals surface area contributed by atoms with Crippen LogP contribution in [0.1, 0.15) is 10.5 Å². The Balaban J connectivity index is 2.14. The van der Waals surface area contributed by atoms with Gasteiger partial charge in [0, 0.05) is 16.8 Å². The van der Waals surface area contributed by atoms with Crippen LogP contribution in [0.15, 0.2) is 42.5 Å². The second kappa shape index (κ2) is 5.51. The zero-order valence-electron chi connectivity index (χ0n) is 9.68. The van der Waals surface area contributed by atoms with E-state index in [4.69, 9.17) is 16.3 Å². The SMILES string of the molecule is COc1cccc(C(=O)Nc2ccc(Cl)cc2)n1. The summed E-state index contributed by atoms with van der Waals surface area (Å²) in [5.41, 5.74) is 0.957. The van der Waals surface area contributed by atoms with Crippen LogP contribution in [0.25, 0.3) is 0 Å². The van der Waals surface area contributed by atoms with Gasteiger partial charge in [-0.15, -0.1) is 0 Å². The van der Waals surface area contributed by atoms with E-state index in [0.717, 1.165) is 0 Å². The van der Waals surface area contributed by atoms with Crippen LogP contribution < -0.4 is 10.1 Å². The lowest BCUT2D eigenvalue weighted by Crippen LogP contribution is -2.13. The summed E-state index contributed by atoms with van der Waals surface area (Å²) in [6.45, 7) is 0. The van der Waals surface area contributed by atoms with E-state index >= 15 is 0 Å². The van der Waals surface area contributed by atoms with Gasteiger partial charge >= 0.3 is 0 Å². The normalized spacial score (nSPS) is 9.89. The predicted octanol–water partition coefficient (Wildman–Crippen LogP) is 3.00. The third-order valence-corrected chi connectivity index (χ3v) is 2.52. The Bertz CT molecular complexity index is 555. The van der Waals surface area contributed by atoms with Gasteiger partial charge in [0.05, 0.1) is 7.11 Å². The molecule has 1 amide bonds. The first-order valence-electron chi connectivity index (χ1n) is 5.27. The third-order valence-electron chi connectivity index (χ3n) is 2.27. The molecule has 0 bridgehead atoms. The highest BCUT2D eigenvalue weighted by atomic mass is 35.5. The number of amides is 1. The summed E-state index contributed by atoms with van der Waals surface area (Å²) in [5.74, 6) is 0.106. The van der Waals surface area contributed by atoms with Crippen LogP contribution >= 0.6 is 11.6 Å². The first kappa shape index (κ1) is 12.4. The number of rotatable bonds is 3. The summed E-state index contributed by atoms with van der Waals surface area (Å²) >= 11 is 5.76. The summed E-state index contributed by atoms with van der Waals surface area (Å²) in [7, 11) is 1.50. The number of aromatic nitrogens is 1. The quantitative estimate of drug-likeness (QED) is 0.925. The maximum Gasteiger partial charge on any atom is 0.274 e. The molecule has 0 saturated heterocycles. The second-order valence-corrected chi connectivity index (χ2v) is 3.96. The van der Waals surface area contributed by atoms with Crippen LogP contribution in [0, 0.1) is 0 Å². The molecule has 4 nitrogen and oxygen atoms in total. The molecule has 0 spiro atoms. The zero-order valence-corrected chi connectivity index (χ0v) is 10.4. The Morgan fingerprint density at radius 2 is 1.94 bits per heavy atom. The highest BCUT2D eigenvalue weighted by molar-refractivity contribution is 6.30. The summed E-state index contributed by atoms with van der Waals surface area (Å²) in [6, 6.07) is 11.9. The van der Waals surface area contributed by atoms with Crippen molar-refractivity contribution < 1.29 is 9.53 Å². The Kier molecular flexibility index (Phi) is 3.79. The van der Waals surface area contributed by atoms with Crippen LogP contribution in [0.4, 0.5) is 5.69 Å². The highest BCUT2D eigenvalue weighted by Crippen LogP contribution is 2.14. The average Bonchev–Trinajstić information content (AvgIpc) is 2.41. The first-order chi connectivity index (χ1) is 8.69. The first-order valence-corrected chi connectivity index (χ1v) is 5.65. The maximum atomic E-state index is 11.9. The van der Waals surface area contributed by atoms with E-state index in [0.29, 0.717) is 22.3 Å². The standard InChI is InChI=1S/C13H11ClN2O2/c1-18-12-4-2-3-11(16-12)13(17)15-10-7-5-9(14)6-8-10/h2-8H,1H3,(H,15,17). The van der Waals surface area contributed by atoms with Gasteiger partial charge in [0.25, 0.3) is 5.91 Å². The average molecular weight is 263 g/mol. The molecule has 5 heteroatoms. The van der Waals surface area contributed by atoms with Gasteiger partial charge in [-0.1, -0.05) is 17.7 Å². The van der Waals surface area contributed by atoms with Gasteiger partial charge in [0.2, 0.25) is 5.88 Å². The van der Waals surface area contributed by atoms with E-state index in [2.05, 4.69) is 10.3 Å². The molecule has 0 radical (unpaired) electrons. The van der Waals surface area contributed by atoms with Crippen LogP contribution in [-0.4, -0.2) is 18.0 Å². The molecule has 0 saturated carbocycles. The molecular formula is C13H11ClN2O2. The van der Waals surface area contributed by atoms with Crippen molar-refractivity contribution in [2.24, 2.45) is 0 Å². The van der Waals surface area contributed by atoms with Crippen molar-refractivity contribution in [1.29, 1.82) is 0 Å². The lowest BCUT2D eigenvalue weighted by atomic mass is 10.3. The number of anilines is 1. The Morgan fingerprint density at radius 1 is 1.22 bits per heavy atom. The number of halogens is 1. The van der Waals surface area contributed by atoms with Gasteiger partial charge in [-0.2, -0.15) is 0 Å². The molecule has 92 valence electrons. The van der Waals surface area contributed by atoms with Crippen LogP contribution in [-0.2, 0) is 0 Å². The van der Waals surface area contributed by atoms with Crippen molar-refractivity contribution in [2.45, 2.75) is 0 Å². The van der Waals surface area contributed by atoms with Crippen molar-refractivity contribution >= 4 is 23.2 Å². The highest BCUT2D eigenvalue weighted by Gasteiger charge is 2.08. The maximum absolute atomic E-state index is 11.9. The predicted molar refractivity (Wildman–Crippen MR) is 70.2 cm³/mol. The number of pyridine rings is 1. The van der Waals surface area contributed by atoms with Gasteiger partial charge < -0.3 is 10.1 Å². The van der Waals surface area contributed by atoms with Crippen molar-refractivity contribution in [3.63, 3.8) is 0 Å². The summed E-state index contributed by atoms with van der Waals surface area (Å²) in [6.07, 6.45) is 0. The molecule has 0 aliphatic heterocycles. The van der Waals surface area contributed by atoms with Gasteiger partial charge in [-0.25, -0.2) is 4.98 Å².